The van der Waals surface area contributed by atoms with E-state index in [1.165, 1.54) is 51.9 Å². The Morgan fingerprint density at radius 1 is 0.947 bits per heavy atom. The van der Waals surface area contributed by atoms with E-state index in [1.807, 2.05) is 0 Å². The maximum Gasteiger partial charge on any atom is 0.306 e. The second kappa shape index (κ2) is 12.0. The minimum absolute atomic E-state index is 0.325. The highest BCUT2D eigenvalue weighted by molar-refractivity contribution is 5.81. The zero-order chi connectivity index (χ0) is 14.5. The molecular formula is C15H29NO3. The quantitative estimate of drug-likeness (QED) is 0.437. The van der Waals surface area contributed by atoms with Crippen LogP contribution in [0.5, 0.6) is 0 Å². The van der Waals surface area contributed by atoms with Crippen molar-refractivity contribution in [2.75, 3.05) is 0 Å². The number of amides is 1. The summed E-state index contributed by atoms with van der Waals surface area (Å²) in [6.07, 6.45) is 10.5. The predicted octanol–water partition coefficient (Wildman–Crippen LogP) is 3.32. The lowest BCUT2D eigenvalue weighted by molar-refractivity contribution is -0.153. The molecule has 0 aliphatic rings. The van der Waals surface area contributed by atoms with Gasteiger partial charge < -0.3 is 10.5 Å². The smallest absolute Gasteiger partial charge is 0.306 e. The summed E-state index contributed by atoms with van der Waals surface area (Å²) in [4.78, 5) is 22.0. The van der Waals surface area contributed by atoms with Gasteiger partial charge in [-0.05, 0) is 13.3 Å². The molecule has 0 aromatic rings. The Labute approximate surface area is 117 Å². The molecule has 2 N–H and O–H groups in total. The van der Waals surface area contributed by atoms with Gasteiger partial charge in [-0.15, -0.1) is 0 Å². The van der Waals surface area contributed by atoms with Gasteiger partial charge in [-0.2, -0.15) is 0 Å². The van der Waals surface area contributed by atoms with E-state index < -0.39 is 12.0 Å². The van der Waals surface area contributed by atoms with Gasteiger partial charge in [0.05, 0.1) is 0 Å². The molecule has 1 atom stereocenters. The minimum Gasteiger partial charge on any atom is -0.453 e. The summed E-state index contributed by atoms with van der Waals surface area (Å²) in [5.41, 5.74) is 5.01. The maximum atomic E-state index is 11.3. The van der Waals surface area contributed by atoms with E-state index in [2.05, 4.69) is 6.92 Å². The average molecular weight is 271 g/mol. The molecular weight excluding hydrogens is 242 g/mol. The molecule has 0 heterocycles. The first-order valence-corrected chi connectivity index (χ1v) is 7.56. The van der Waals surface area contributed by atoms with Crippen LogP contribution in [-0.4, -0.2) is 18.0 Å². The molecule has 0 aliphatic carbocycles. The third-order valence-corrected chi connectivity index (χ3v) is 3.19. The van der Waals surface area contributed by atoms with Gasteiger partial charge in [-0.25, -0.2) is 0 Å². The maximum absolute atomic E-state index is 11.3. The number of carbonyl (C=O) groups is 2. The van der Waals surface area contributed by atoms with Gasteiger partial charge in [-0.3, -0.25) is 9.59 Å². The lowest BCUT2D eigenvalue weighted by Crippen LogP contribution is -2.30. The highest BCUT2D eigenvalue weighted by Gasteiger charge is 2.13. The zero-order valence-electron chi connectivity index (χ0n) is 12.5. The third-order valence-electron chi connectivity index (χ3n) is 3.19. The Hall–Kier alpha value is -1.06. The molecule has 0 saturated carbocycles. The molecule has 4 heteroatoms. The van der Waals surface area contributed by atoms with E-state index in [9.17, 15) is 9.59 Å². The molecule has 112 valence electrons. The first-order chi connectivity index (χ1) is 9.07. The Bertz CT molecular complexity index is 254. The van der Waals surface area contributed by atoms with Crippen LogP contribution in [0.3, 0.4) is 0 Å². The van der Waals surface area contributed by atoms with Gasteiger partial charge in [0.1, 0.15) is 0 Å². The molecule has 0 fully saturated rings. The molecule has 4 nitrogen and oxygen atoms in total. The Balaban J connectivity index is 3.30. The van der Waals surface area contributed by atoms with E-state index >= 15 is 0 Å². The van der Waals surface area contributed by atoms with Crippen molar-refractivity contribution in [2.45, 2.75) is 84.2 Å². The van der Waals surface area contributed by atoms with Crippen LogP contribution in [0.15, 0.2) is 0 Å². The number of hydrogen-bond donors (Lipinski definition) is 1. The number of carbonyl (C=O) groups excluding carboxylic acids is 2. The lowest BCUT2D eigenvalue weighted by Gasteiger charge is -2.09. The van der Waals surface area contributed by atoms with Crippen LogP contribution in [0.2, 0.25) is 0 Å². The van der Waals surface area contributed by atoms with Crippen LogP contribution >= 0.6 is 0 Å². The van der Waals surface area contributed by atoms with Crippen molar-refractivity contribution in [3.8, 4) is 0 Å². The SMILES string of the molecule is CCCCCCCCCCCC(=O)OC(C)C(N)=O. The summed E-state index contributed by atoms with van der Waals surface area (Å²) in [7, 11) is 0. The molecule has 0 rings (SSSR count). The number of primary amides is 1. The fraction of sp³-hybridized carbons (Fsp3) is 0.867. The topological polar surface area (TPSA) is 69.4 Å². The van der Waals surface area contributed by atoms with Crippen molar-refractivity contribution in [3.05, 3.63) is 0 Å². The fourth-order valence-electron chi connectivity index (χ4n) is 1.89. The Kier molecular flexibility index (Phi) is 11.3. The van der Waals surface area contributed by atoms with Gasteiger partial charge in [-0.1, -0.05) is 58.3 Å². The lowest BCUT2D eigenvalue weighted by atomic mass is 10.1. The number of unbranched alkanes of at least 4 members (excludes halogenated alkanes) is 8. The minimum atomic E-state index is -0.814. The van der Waals surface area contributed by atoms with Crippen molar-refractivity contribution in [1.29, 1.82) is 0 Å². The van der Waals surface area contributed by atoms with Crippen molar-refractivity contribution in [2.24, 2.45) is 5.73 Å². The number of hydrogen-bond acceptors (Lipinski definition) is 3. The first kappa shape index (κ1) is 17.9. The number of ether oxygens (including phenoxy) is 1. The Morgan fingerprint density at radius 3 is 1.89 bits per heavy atom. The van der Waals surface area contributed by atoms with Crippen LogP contribution in [0.4, 0.5) is 0 Å². The summed E-state index contributed by atoms with van der Waals surface area (Å²) in [6, 6.07) is 0. The van der Waals surface area contributed by atoms with Crippen LogP contribution in [-0.2, 0) is 14.3 Å². The fourth-order valence-corrected chi connectivity index (χ4v) is 1.89. The molecule has 0 aromatic carbocycles. The van der Waals surface area contributed by atoms with Crippen LogP contribution < -0.4 is 5.73 Å². The van der Waals surface area contributed by atoms with E-state index in [-0.39, 0.29) is 5.97 Å². The standard InChI is InChI=1S/C15H29NO3/c1-3-4-5-6-7-8-9-10-11-12-14(17)19-13(2)15(16)18/h13H,3-12H2,1-2H3,(H2,16,18). The van der Waals surface area contributed by atoms with Crippen LogP contribution in [0.1, 0.15) is 78.1 Å². The summed E-state index contributed by atoms with van der Waals surface area (Å²) in [5, 5.41) is 0. The molecule has 0 radical (unpaired) electrons. The van der Waals surface area contributed by atoms with E-state index in [4.69, 9.17) is 10.5 Å². The molecule has 0 saturated heterocycles. The van der Waals surface area contributed by atoms with Crippen LogP contribution in [0, 0.1) is 0 Å². The molecule has 0 aromatic heterocycles. The van der Waals surface area contributed by atoms with E-state index in [0.717, 1.165) is 12.8 Å². The largest absolute Gasteiger partial charge is 0.453 e. The molecule has 1 unspecified atom stereocenters. The van der Waals surface area contributed by atoms with Crippen molar-refractivity contribution >= 4 is 11.9 Å². The first-order valence-electron chi connectivity index (χ1n) is 7.56. The van der Waals surface area contributed by atoms with Crippen molar-refractivity contribution in [1.82, 2.24) is 0 Å². The van der Waals surface area contributed by atoms with E-state index in [0.29, 0.717) is 6.42 Å². The third kappa shape index (κ3) is 11.7. The summed E-state index contributed by atoms with van der Waals surface area (Å²) in [5.74, 6) is -0.922. The normalized spacial score (nSPS) is 12.1. The van der Waals surface area contributed by atoms with Gasteiger partial charge in [0.25, 0.3) is 5.91 Å². The van der Waals surface area contributed by atoms with E-state index in [1.54, 1.807) is 0 Å². The summed E-state index contributed by atoms with van der Waals surface area (Å²) < 4.78 is 4.87. The molecule has 19 heavy (non-hydrogen) atoms. The number of esters is 1. The highest BCUT2D eigenvalue weighted by Crippen LogP contribution is 2.11. The Morgan fingerprint density at radius 2 is 1.42 bits per heavy atom. The van der Waals surface area contributed by atoms with Crippen molar-refractivity contribution < 1.29 is 14.3 Å². The molecule has 0 spiro atoms. The predicted molar refractivity (Wildman–Crippen MR) is 76.6 cm³/mol. The molecule has 0 aliphatic heterocycles. The summed E-state index contributed by atoms with van der Waals surface area (Å²) in [6.45, 7) is 3.72. The van der Waals surface area contributed by atoms with Crippen LogP contribution in [0.25, 0.3) is 0 Å². The number of rotatable bonds is 12. The van der Waals surface area contributed by atoms with Gasteiger partial charge in [0.15, 0.2) is 6.10 Å². The highest BCUT2D eigenvalue weighted by atomic mass is 16.5. The molecule has 0 bridgehead atoms. The second-order valence-electron chi connectivity index (χ2n) is 5.11. The van der Waals surface area contributed by atoms with Crippen molar-refractivity contribution in [3.63, 3.8) is 0 Å². The average Bonchev–Trinajstić information content (AvgIpc) is 2.36. The second-order valence-corrected chi connectivity index (χ2v) is 5.11. The van der Waals surface area contributed by atoms with Gasteiger partial charge in [0.2, 0.25) is 0 Å². The monoisotopic (exact) mass is 271 g/mol. The zero-order valence-corrected chi connectivity index (χ0v) is 12.5. The summed E-state index contributed by atoms with van der Waals surface area (Å²) >= 11 is 0. The number of nitrogens with two attached hydrogens (primary N) is 1. The molecule has 1 amide bonds. The van der Waals surface area contributed by atoms with Gasteiger partial charge >= 0.3 is 5.97 Å². The van der Waals surface area contributed by atoms with Gasteiger partial charge in [0, 0.05) is 6.42 Å².